The topological polar surface area (TPSA) is 74.6 Å². The Labute approximate surface area is 185 Å². The Hall–Kier alpha value is -4.62. The fourth-order valence-electron chi connectivity index (χ4n) is 3.45. The molecule has 0 aromatic heterocycles. The van der Waals surface area contributed by atoms with Crippen LogP contribution in [0.2, 0.25) is 0 Å². The molecule has 4 nitrogen and oxygen atoms in total. The zero-order valence-electron chi connectivity index (χ0n) is 16.9. The van der Waals surface area contributed by atoms with E-state index in [1.54, 1.807) is 30.3 Å². The normalized spacial score (nSPS) is 10.1. The number of hydrogen-bond acceptors (Lipinski definition) is 2. The highest BCUT2D eigenvalue weighted by Gasteiger charge is 2.15. The van der Waals surface area contributed by atoms with E-state index in [4.69, 9.17) is 0 Å². The number of aromatic carboxylic acids is 2. The van der Waals surface area contributed by atoms with Gasteiger partial charge < -0.3 is 10.2 Å². The Morgan fingerprint density at radius 2 is 1.12 bits per heavy atom. The second kappa shape index (κ2) is 9.03. The Kier molecular flexibility index (Phi) is 5.83. The molecule has 0 fully saturated rings. The Bertz CT molecular complexity index is 1360. The highest BCUT2D eigenvalue weighted by atomic mass is 16.4. The Morgan fingerprint density at radius 3 is 1.75 bits per heavy atom. The van der Waals surface area contributed by atoms with Gasteiger partial charge in [0.15, 0.2) is 0 Å². The molecule has 0 heterocycles. The van der Waals surface area contributed by atoms with Gasteiger partial charge in [0.05, 0.1) is 11.1 Å². The molecule has 0 radical (unpaired) electrons. The summed E-state index contributed by atoms with van der Waals surface area (Å²) >= 11 is 0. The van der Waals surface area contributed by atoms with Crippen LogP contribution in [0.25, 0.3) is 22.3 Å². The van der Waals surface area contributed by atoms with E-state index in [0.717, 1.165) is 27.8 Å². The minimum atomic E-state index is -1.04. The molecule has 0 aliphatic carbocycles. The molecule has 4 heteroatoms. The van der Waals surface area contributed by atoms with Crippen molar-refractivity contribution >= 4 is 11.9 Å². The molecule has 0 amide bonds. The molecule has 0 saturated carbocycles. The van der Waals surface area contributed by atoms with Gasteiger partial charge in [-0.05, 0) is 58.7 Å². The lowest BCUT2D eigenvalue weighted by atomic mass is 9.89. The Morgan fingerprint density at radius 1 is 0.562 bits per heavy atom. The fourth-order valence-corrected chi connectivity index (χ4v) is 3.45. The third-order valence-electron chi connectivity index (χ3n) is 5.02. The maximum Gasteiger partial charge on any atom is 0.335 e. The first-order valence-corrected chi connectivity index (χ1v) is 9.90. The van der Waals surface area contributed by atoms with Crippen LogP contribution in [0.4, 0.5) is 0 Å². The van der Waals surface area contributed by atoms with Crippen molar-refractivity contribution in [2.45, 2.75) is 0 Å². The third kappa shape index (κ3) is 4.43. The lowest BCUT2D eigenvalue weighted by Crippen LogP contribution is -2.00. The van der Waals surface area contributed by atoms with E-state index in [1.807, 2.05) is 60.7 Å². The lowest BCUT2D eigenvalue weighted by molar-refractivity contribution is 0.0686. The van der Waals surface area contributed by atoms with Gasteiger partial charge in [-0.1, -0.05) is 72.5 Å². The minimum Gasteiger partial charge on any atom is -0.478 e. The van der Waals surface area contributed by atoms with Gasteiger partial charge in [-0.15, -0.1) is 0 Å². The lowest BCUT2D eigenvalue weighted by Gasteiger charge is -2.14. The van der Waals surface area contributed by atoms with E-state index >= 15 is 0 Å². The first-order valence-electron chi connectivity index (χ1n) is 9.90. The monoisotopic (exact) mass is 418 g/mol. The Balaban J connectivity index is 1.94. The van der Waals surface area contributed by atoms with Gasteiger partial charge in [-0.3, -0.25) is 0 Å². The van der Waals surface area contributed by atoms with E-state index < -0.39 is 11.9 Å². The second-order valence-corrected chi connectivity index (χ2v) is 7.11. The van der Waals surface area contributed by atoms with Crippen LogP contribution in [-0.4, -0.2) is 22.2 Å². The quantitative estimate of drug-likeness (QED) is 0.410. The first-order chi connectivity index (χ1) is 15.5. The van der Waals surface area contributed by atoms with Crippen molar-refractivity contribution in [2.75, 3.05) is 0 Å². The smallest absolute Gasteiger partial charge is 0.335 e. The highest BCUT2D eigenvalue weighted by molar-refractivity contribution is 5.95. The van der Waals surface area contributed by atoms with Crippen LogP contribution in [0.3, 0.4) is 0 Å². The van der Waals surface area contributed by atoms with Crippen LogP contribution in [0, 0.1) is 11.8 Å². The molecule has 0 aliphatic rings. The van der Waals surface area contributed by atoms with Crippen LogP contribution >= 0.6 is 0 Å². The SMILES string of the molecule is O=C(O)c1ccc(-c2ccc(C(=O)O)cc2-c2ccccc2)c(C#Cc2ccccc2)c1. The molecule has 0 unspecified atom stereocenters. The van der Waals surface area contributed by atoms with Gasteiger partial charge in [0.25, 0.3) is 0 Å². The number of rotatable bonds is 4. The summed E-state index contributed by atoms with van der Waals surface area (Å²) in [7, 11) is 0. The molecular weight excluding hydrogens is 400 g/mol. The molecule has 0 aliphatic heterocycles. The zero-order chi connectivity index (χ0) is 22.5. The maximum absolute atomic E-state index is 11.6. The van der Waals surface area contributed by atoms with Gasteiger partial charge in [-0.2, -0.15) is 0 Å². The first kappa shape index (κ1) is 20.6. The summed E-state index contributed by atoms with van der Waals surface area (Å²) in [6.45, 7) is 0. The van der Waals surface area contributed by atoms with E-state index in [9.17, 15) is 19.8 Å². The standard InChI is InChI=1S/C28H18O4/c29-27(30)22-13-15-24(21(17-22)12-11-19-7-3-1-4-8-19)25-16-14-23(28(31)32)18-26(25)20-9-5-2-6-10-20/h1-10,13-18H,(H,29,30)(H,31,32). The molecule has 4 aromatic rings. The molecule has 0 bridgehead atoms. The minimum absolute atomic E-state index is 0.134. The van der Waals surface area contributed by atoms with Crippen LogP contribution in [0.5, 0.6) is 0 Å². The molecular formula is C28H18O4. The number of carbonyl (C=O) groups is 2. The zero-order valence-corrected chi connectivity index (χ0v) is 16.9. The third-order valence-corrected chi connectivity index (χ3v) is 5.02. The fraction of sp³-hybridized carbons (Fsp3) is 0. The summed E-state index contributed by atoms with van der Waals surface area (Å²) in [5, 5.41) is 19.0. The maximum atomic E-state index is 11.6. The van der Waals surface area contributed by atoms with Gasteiger partial charge in [-0.25, -0.2) is 9.59 Å². The van der Waals surface area contributed by atoms with Gasteiger partial charge in [0.1, 0.15) is 0 Å². The van der Waals surface area contributed by atoms with Crippen LogP contribution in [0.1, 0.15) is 31.8 Å². The summed E-state index contributed by atoms with van der Waals surface area (Å²) < 4.78 is 0. The summed E-state index contributed by atoms with van der Waals surface area (Å²) in [6, 6.07) is 28.6. The second-order valence-electron chi connectivity index (χ2n) is 7.11. The molecule has 0 spiro atoms. The summed E-state index contributed by atoms with van der Waals surface area (Å²) in [6.07, 6.45) is 0. The van der Waals surface area contributed by atoms with Crippen LogP contribution < -0.4 is 0 Å². The molecule has 4 aromatic carbocycles. The van der Waals surface area contributed by atoms with Crippen molar-refractivity contribution in [1.82, 2.24) is 0 Å². The van der Waals surface area contributed by atoms with Crippen molar-refractivity contribution < 1.29 is 19.8 Å². The molecule has 0 atom stereocenters. The van der Waals surface area contributed by atoms with Crippen LogP contribution in [0.15, 0.2) is 97.1 Å². The molecule has 4 rings (SSSR count). The predicted octanol–water partition coefficient (Wildman–Crippen LogP) is 5.82. The number of carboxylic acids is 2. The summed E-state index contributed by atoms with van der Waals surface area (Å²) in [5.74, 6) is 4.15. The van der Waals surface area contributed by atoms with Crippen molar-refractivity contribution in [3.63, 3.8) is 0 Å². The molecule has 32 heavy (non-hydrogen) atoms. The van der Waals surface area contributed by atoms with Gasteiger partial charge in [0, 0.05) is 11.1 Å². The summed E-state index contributed by atoms with van der Waals surface area (Å²) in [4.78, 5) is 23.2. The van der Waals surface area contributed by atoms with E-state index in [2.05, 4.69) is 11.8 Å². The van der Waals surface area contributed by atoms with E-state index in [0.29, 0.717) is 5.56 Å². The van der Waals surface area contributed by atoms with E-state index in [1.165, 1.54) is 6.07 Å². The number of benzene rings is 4. The molecule has 0 saturated heterocycles. The highest BCUT2D eigenvalue weighted by Crippen LogP contribution is 2.35. The van der Waals surface area contributed by atoms with Crippen molar-refractivity contribution in [1.29, 1.82) is 0 Å². The number of carboxylic acid groups (broad SMARTS) is 2. The van der Waals surface area contributed by atoms with E-state index in [-0.39, 0.29) is 11.1 Å². The molecule has 154 valence electrons. The van der Waals surface area contributed by atoms with Crippen LogP contribution in [-0.2, 0) is 0 Å². The van der Waals surface area contributed by atoms with Gasteiger partial charge in [0.2, 0.25) is 0 Å². The number of hydrogen-bond donors (Lipinski definition) is 2. The summed E-state index contributed by atoms with van der Waals surface area (Å²) in [5.41, 5.74) is 4.76. The average Bonchev–Trinajstić information content (AvgIpc) is 2.83. The van der Waals surface area contributed by atoms with Gasteiger partial charge >= 0.3 is 11.9 Å². The average molecular weight is 418 g/mol. The van der Waals surface area contributed by atoms with Crippen molar-refractivity contribution in [3.8, 4) is 34.1 Å². The van der Waals surface area contributed by atoms with Crippen molar-refractivity contribution in [3.05, 3.63) is 119 Å². The van der Waals surface area contributed by atoms with Crippen molar-refractivity contribution in [2.24, 2.45) is 0 Å². The predicted molar refractivity (Wildman–Crippen MR) is 124 cm³/mol. The largest absolute Gasteiger partial charge is 0.478 e. The molecule has 2 N–H and O–H groups in total.